The average molecular weight is 253 g/mol. The molecule has 0 saturated heterocycles. The standard InChI is InChI=1S/C16H15NS/c1-17-16(15-8-9-18-11-15)14-7-6-12-4-2-3-5-13(12)10-14/h2-11,16-17H,1H3. The van der Waals surface area contributed by atoms with Gasteiger partial charge in [0.2, 0.25) is 0 Å². The van der Waals surface area contributed by atoms with Crippen LogP contribution in [0.25, 0.3) is 10.8 Å². The van der Waals surface area contributed by atoms with Crippen molar-refractivity contribution in [1.82, 2.24) is 5.32 Å². The van der Waals surface area contributed by atoms with Crippen molar-refractivity contribution >= 4 is 22.1 Å². The molecule has 1 heterocycles. The monoisotopic (exact) mass is 253 g/mol. The van der Waals surface area contributed by atoms with Crippen molar-refractivity contribution in [1.29, 1.82) is 0 Å². The summed E-state index contributed by atoms with van der Waals surface area (Å²) in [6, 6.07) is 17.6. The number of fused-ring (bicyclic) bond motifs is 1. The van der Waals surface area contributed by atoms with Crippen LogP contribution in [0.3, 0.4) is 0 Å². The number of benzene rings is 2. The third-order valence-electron chi connectivity index (χ3n) is 3.27. The Bertz CT molecular complexity index is 643. The molecule has 2 aromatic carbocycles. The van der Waals surface area contributed by atoms with E-state index in [9.17, 15) is 0 Å². The lowest BCUT2D eigenvalue weighted by molar-refractivity contribution is 0.695. The van der Waals surface area contributed by atoms with Crippen molar-refractivity contribution < 1.29 is 0 Å². The van der Waals surface area contributed by atoms with Gasteiger partial charge >= 0.3 is 0 Å². The SMILES string of the molecule is CNC(c1ccsc1)c1ccc2ccccc2c1. The van der Waals surface area contributed by atoms with E-state index in [4.69, 9.17) is 0 Å². The van der Waals surface area contributed by atoms with Gasteiger partial charge in [0.05, 0.1) is 6.04 Å². The molecule has 2 heteroatoms. The van der Waals surface area contributed by atoms with E-state index in [-0.39, 0.29) is 6.04 Å². The predicted octanol–water partition coefficient (Wildman–Crippen LogP) is 4.21. The van der Waals surface area contributed by atoms with Crippen molar-refractivity contribution in [3.05, 3.63) is 70.4 Å². The molecule has 18 heavy (non-hydrogen) atoms. The smallest absolute Gasteiger partial charge is 0.0582 e. The van der Waals surface area contributed by atoms with Gasteiger partial charge in [-0.15, -0.1) is 0 Å². The van der Waals surface area contributed by atoms with Crippen molar-refractivity contribution in [2.24, 2.45) is 0 Å². The summed E-state index contributed by atoms with van der Waals surface area (Å²) in [5.74, 6) is 0. The predicted molar refractivity (Wildman–Crippen MR) is 79.2 cm³/mol. The largest absolute Gasteiger partial charge is 0.309 e. The summed E-state index contributed by atoms with van der Waals surface area (Å²) >= 11 is 1.74. The molecule has 1 atom stereocenters. The molecule has 3 rings (SSSR count). The highest BCUT2D eigenvalue weighted by Crippen LogP contribution is 2.26. The van der Waals surface area contributed by atoms with E-state index in [2.05, 4.69) is 64.6 Å². The van der Waals surface area contributed by atoms with Gasteiger partial charge in [0.25, 0.3) is 0 Å². The van der Waals surface area contributed by atoms with Gasteiger partial charge in [0.1, 0.15) is 0 Å². The van der Waals surface area contributed by atoms with E-state index < -0.39 is 0 Å². The first-order chi connectivity index (χ1) is 8.88. The van der Waals surface area contributed by atoms with Crippen LogP contribution in [-0.4, -0.2) is 7.05 Å². The highest BCUT2D eigenvalue weighted by Gasteiger charge is 2.12. The minimum absolute atomic E-state index is 0.279. The van der Waals surface area contributed by atoms with Crippen LogP contribution in [0.1, 0.15) is 17.2 Å². The summed E-state index contributed by atoms with van der Waals surface area (Å²) in [5, 5.41) is 10.3. The van der Waals surface area contributed by atoms with E-state index in [0.717, 1.165) is 0 Å². The third kappa shape index (κ3) is 2.05. The molecular formula is C16H15NS. The maximum atomic E-state index is 3.39. The number of thiophene rings is 1. The number of hydrogen-bond acceptors (Lipinski definition) is 2. The van der Waals surface area contributed by atoms with Gasteiger partial charge in [-0.25, -0.2) is 0 Å². The van der Waals surface area contributed by atoms with Gasteiger partial charge < -0.3 is 5.32 Å². The molecule has 0 saturated carbocycles. The molecule has 0 amide bonds. The summed E-state index contributed by atoms with van der Waals surface area (Å²) in [7, 11) is 2.01. The molecule has 0 aliphatic carbocycles. The summed E-state index contributed by atoms with van der Waals surface area (Å²) in [5.41, 5.74) is 2.65. The lowest BCUT2D eigenvalue weighted by Crippen LogP contribution is -2.16. The second kappa shape index (κ2) is 4.92. The van der Waals surface area contributed by atoms with E-state index in [0.29, 0.717) is 0 Å². The highest BCUT2D eigenvalue weighted by atomic mass is 32.1. The van der Waals surface area contributed by atoms with Crippen LogP contribution >= 0.6 is 11.3 Å². The summed E-state index contributed by atoms with van der Waals surface area (Å²) in [6.45, 7) is 0. The van der Waals surface area contributed by atoms with Crippen molar-refractivity contribution in [3.8, 4) is 0 Å². The average Bonchev–Trinajstić information content (AvgIpc) is 2.93. The Hall–Kier alpha value is -1.64. The van der Waals surface area contributed by atoms with Gasteiger partial charge in [-0.05, 0) is 51.8 Å². The van der Waals surface area contributed by atoms with Crippen LogP contribution in [0.2, 0.25) is 0 Å². The molecule has 0 spiro atoms. The van der Waals surface area contributed by atoms with Gasteiger partial charge in [0.15, 0.2) is 0 Å². The normalized spacial score (nSPS) is 12.7. The number of nitrogens with one attached hydrogen (secondary N) is 1. The second-order valence-electron chi connectivity index (χ2n) is 4.38. The number of rotatable bonds is 3. The lowest BCUT2D eigenvalue weighted by Gasteiger charge is -2.16. The fourth-order valence-corrected chi connectivity index (χ4v) is 3.04. The quantitative estimate of drug-likeness (QED) is 0.737. The first-order valence-corrected chi connectivity index (χ1v) is 7.01. The van der Waals surface area contributed by atoms with Gasteiger partial charge in [0, 0.05) is 0 Å². The van der Waals surface area contributed by atoms with E-state index >= 15 is 0 Å². The maximum Gasteiger partial charge on any atom is 0.0582 e. The Morgan fingerprint density at radius 2 is 1.78 bits per heavy atom. The van der Waals surface area contributed by atoms with E-state index in [1.54, 1.807) is 11.3 Å². The molecule has 0 aliphatic rings. The van der Waals surface area contributed by atoms with Crippen LogP contribution in [0.15, 0.2) is 59.3 Å². The fraction of sp³-hybridized carbons (Fsp3) is 0.125. The molecular weight excluding hydrogens is 238 g/mol. The van der Waals surface area contributed by atoms with Crippen LogP contribution in [0, 0.1) is 0 Å². The maximum absolute atomic E-state index is 3.39. The van der Waals surface area contributed by atoms with Crippen LogP contribution in [-0.2, 0) is 0 Å². The van der Waals surface area contributed by atoms with Crippen molar-refractivity contribution in [3.63, 3.8) is 0 Å². The molecule has 3 aromatic rings. The minimum Gasteiger partial charge on any atom is -0.309 e. The van der Waals surface area contributed by atoms with E-state index in [1.165, 1.54) is 21.9 Å². The van der Waals surface area contributed by atoms with Crippen LogP contribution < -0.4 is 5.32 Å². The summed E-state index contributed by atoms with van der Waals surface area (Å²) < 4.78 is 0. The zero-order chi connectivity index (χ0) is 12.4. The highest BCUT2D eigenvalue weighted by molar-refractivity contribution is 7.08. The third-order valence-corrected chi connectivity index (χ3v) is 3.97. The Kier molecular flexibility index (Phi) is 3.13. The molecule has 0 fully saturated rings. The van der Waals surface area contributed by atoms with Crippen molar-refractivity contribution in [2.45, 2.75) is 6.04 Å². The van der Waals surface area contributed by atoms with Crippen LogP contribution in [0.5, 0.6) is 0 Å². The molecule has 0 bridgehead atoms. The molecule has 1 nitrogen and oxygen atoms in total. The first kappa shape index (κ1) is 11.5. The topological polar surface area (TPSA) is 12.0 Å². The van der Waals surface area contributed by atoms with Gasteiger partial charge in [-0.3, -0.25) is 0 Å². The molecule has 0 radical (unpaired) electrons. The molecule has 1 unspecified atom stereocenters. The molecule has 90 valence electrons. The Labute approximate surface area is 111 Å². The summed E-state index contributed by atoms with van der Waals surface area (Å²) in [6.07, 6.45) is 0. The zero-order valence-corrected chi connectivity index (χ0v) is 11.1. The lowest BCUT2D eigenvalue weighted by atomic mass is 9.98. The second-order valence-corrected chi connectivity index (χ2v) is 5.16. The molecule has 1 N–H and O–H groups in total. The molecule has 1 aromatic heterocycles. The Morgan fingerprint density at radius 3 is 2.50 bits per heavy atom. The Balaban J connectivity index is 2.07. The van der Waals surface area contributed by atoms with Crippen LogP contribution in [0.4, 0.5) is 0 Å². The fourth-order valence-electron chi connectivity index (χ4n) is 2.35. The summed E-state index contributed by atoms with van der Waals surface area (Å²) in [4.78, 5) is 0. The minimum atomic E-state index is 0.279. The molecule has 0 aliphatic heterocycles. The van der Waals surface area contributed by atoms with Crippen molar-refractivity contribution in [2.75, 3.05) is 7.05 Å². The zero-order valence-electron chi connectivity index (χ0n) is 10.3. The number of hydrogen-bond donors (Lipinski definition) is 1. The van der Waals surface area contributed by atoms with E-state index in [1.807, 2.05) is 7.05 Å². The Morgan fingerprint density at radius 1 is 0.944 bits per heavy atom. The van der Waals surface area contributed by atoms with Gasteiger partial charge in [-0.2, -0.15) is 11.3 Å². The van der Waals surface area contributed by atoms with Gasteiger partial charge in [-0.1, -0.05) is 36.4 Å². The first-order valence-electron chi connectivity index (χ1n) is 6.06.